The molecule has 16 heavy (non-hydrogen) atoms. The lowest BCUT2D eigenvalue weighted by molar-refractivity contribution is 0.901. The molecule has 0 bridgehead atoms. The zero-order chi connectivity index (χ0) is 12.2. The molecule has 0 aromatic heterocycles. The molecule has 0 atom stereocenters. The number of hydrazone groups is 2. The van der Waals surface area contributed by atoms with E-state index in [2.05, 4.69) is 31.7 Å². The molecule has 0 heterocycles. The van der Waals surface area contributed by atoms with Gasteiger partial charge in [-0.2, -0.15) is 10.2 Å². The molecule has 90 valence electrons. The van der Waals surface area contributed by atoms with Crippen LogP contribution in [0.4, 0.5) is 0 Å². The largest absolute Gasteiger partial charge is 0.362 e. The summed E-state index contributed by atoms with van der Waals surface area (Å²) >= 11 is 9.76. The van der Waals surface area contributed by atoms with Crippen LogP contribution in [0.15, 0.2) is 10.2 Å². The van der Waals surface area contributed by atoms with Gasteiger partial charge in [-0.25, -0.2) is 0 Å². The topological polar surface area (TPSA) is 72.8 Å². The summed E-state index contributed by atoms with van der Waals surface area (Å²) in [4.78, 5) is 0. The van der Waals surface area contributed by atoms with Crippen molar-refractivity contribution in [3.63, 3.8) is 0 Å². The molecule has 8 heteroatoms. The van der Waals surface area contributed by atoms with E-state index in [4.69, 9.17) is 24.4 Å². The summed E-state index contributed by atoms with van der Waals surface area (Å²) < 4.78 is 0. The van der Waals surface area contributed by atoms with Crippen LogP contribution in [-0.2, 0) is 0 Å². The summed E-state index contributed by atoms with van der Waals surface area (Å²) in [6.45, 7) is 5.41. The third-order valence-corrected chi connectivity index (χ3v) is 1.69. The summed E-state index contributed by atoms with van der Waals surface area (Å²) in [5.74, 6) is 0. The Kier molecular flexibility index (Phi) is 9.43. The van der Waals surface area contributed by atoms with E-state index in [1.54, 1.807) is 0 Å². The Morgan fingerprint density at radius 3 is 1.62 bits per heavy atom. The van der Waals surface area contributed by atoms with E-state index in [1.165, 1.54) is 12.4 Å². The van der Waals surface area contributed by atoms with Gasteiger partial charge in [-0.15, -0.1) is 0 Å². The Bertz CT molecular complexity index is 248. The molecule has 0 fully saturated rings. The summed E-state index contributed by atoms with van der Waals surface area (Å²) in [5, 5.41) is 14.3. The molecule has 0 saturated heterocycles. The molecule has 0 aliphatic heterocycles. The van der Waals surface area contributed by atoms with E-state index in [0.29, 0.717) is 10.2 Å². The molecule has 0 aliphatic carbocycles. The first kappa shape index (κ1) is 14.7. The van der Waals surface area contributed by atoms with Crippen LogP contribution in [0.1, 0.15) is 13.8 Å². The second-order valence-electron chi connectivity index (χ2n) is 2.50. The molecule has 6 nitrogen and oxygen atoms in total. The molecule has 0 aliphatic rings. The average Bonchev–Trinajstić information content (AvgIpc) is 2.24. The van der Waals surface area contributed by atoms with Gasteiger partial charge in [-0.05, 0) is 38.3 Å². The first-order valence-electron chi connectivity index (χ1n) is 4.83. The van der Waals surface area contributed by atoms with Crippen LogP contribution in [0.5, 0.6) is 0 Å². The molecular weight excluding hydrogens is 244 g/mol. The molecule has 0 radical (unpaired) electrons. The number of nitrogens with one attached hydrogen (secondary N) is 4. The summed E-state index contributed by atoms with van der Waals surface area (Å²) in [5.41, 5.74) is 5.24. The van der Waals surface area contributed by atoms with Crippen molar-refractivity contribution in [2.24, 2.45) is 10.2 Å². The van der Waals surface area contributed by atoms with Gasteiger partial charge in [0.05, 0.1) is 12.4 Å². The number of nitrogens with zero attached hydrogens (tertiary/aromatic N) is 2. The fourth-order valence-electron chi connectivity index (χ4n) is 0.659. The molecule has 0 aromatic rings. The first-order valence-corrected chi connectivity index (χ1v) is 5.64. The van der Waals surface area contributed by atoms with Crippen LogP contribution in [0, 0.1) is 0 Å². The summed E-state index contributed by atoms with van der Waals surface area (Å²) in [7, 11) is 0. The van der Waals surface area contributed by atoms with Crippen LogP contribution < -0.4 is 21.5 Å². The van der Waals surface area contributed by atoms with E-state index < -0.39 is 0 Å². The van der Waals surface area contributed by atoms with Gasteiger partial charge in [-0.3, -0.25) is 10.9 Å². The van der Waals surface area contributed by atoms with Crippen molar-refractivity contribution in [3.05, 3.63) is 0 Å². The molecule has 0 unspecified atom stereocenters. The molecule has 0 aromatic carbocycles. The highest BCUT2D eigenvalue weighted by Crippen LogP contribution is 1.66. The number of thiocarbonyl (C=S) groups is 2. The standard InChI is InChI=1S/C8H16N6S2/c1-3-9-7(15)13-11-5-6-12-14-8(16)10-4-2/h5-6H,3-4H2,1-2H3,(H2,9,13,15)(H2,10,14,16)/b11-5-,12-6+. The van der Waals surface area contributed by atoms with Crippen LogP contribution >= 0.6 is 24.4 Å². The van der Waals surface area contributed by atoms with Gasteiger partial charge in [0.2, 0.25) is 0 Å². The van der Waals surface area contributed by atoms with Gasteiger partial charge in [0.15, 0.2) is 10.2 Å². The Labute approximate surface area is 106 Å². The van der Waals surface area contributed by atoms with Crippen molar-refractivity contribution in [2.75, 3.05) is 13.1 Å². The van der Waals surface area contributed by atoms with Gasteiger partial charge >= 0.3 is 0 Å². The molecular formula is C8H16N6S2. The van der Waals surface area contributed by atoms with Crippen molar-refractivity contribution < 1.29 is 0 Å². The van der Waals surface area contributed by atoms with Gasteiger partial charge in [-0.1, -0.05) is 0 Å². The maximum Gasteiger partial charge on any atom is 0.186 e. The highest BCUT2D eigenvalue weighted by atomic mass is 32.1. The number of hydrogen-bond acceptors (Lipinski definition) is 4. The SMILES string of the molecule is CCNC(=S)N/N=C\C=N\NC(=S)NCC. The highest BCUT2D eigenvalue weighted by molar-refractivity contribution is 7.80. The normalized spacial score (nSPS) is 10.4. The zero-order valence-corrected chi connectivity index (χ0v) is 10.9. The number of rotatable bonds is 5. The van der Waals surface area contributed by atoms with Gasteiger partial charge in [0.1, 0.15) is 0 Å². The molecule has 0 saturated carbocycles. The van der Waals surface area contributed by atoms with Crippen molar-refractivity contribution in [2.45, 2.75) is 13.8 Å². The molecule has 0 amide bonds. The van der Waals surface area contributed by atoms with E-state index in [9.17, 15) is 0 Å². The predicted molar refractivity (Wildman–Crippen MR) is 75.8 cm³/mol. The summed E-state index contributed by atoms with van der Waals surface area (Å²) in [6, 6.07) is 0. The van der Waals surface area contributed by atoms with E-state index in [-0.39, 0.29) is 0 Å². The zero-order valence-electron chi connectivity index (χ0n) is 9.28. The second-order valence-corrected chi connectivity index (χ2v) is 3.32. The van der Waals surface area contributed by atoms with Gasteiger partial charge < -0.3 is 10.6 Å². The summed E-state index contributed by atoms with van der Waals surface area (Å²) in [6.07, 6.45) is 2.93. The molecule has 4 N–H and O–H groups in total. The highest BCUT2D eigenvalue weighted by Gasteiger charge is 1.87. The first-order chi connectivity index (χ1) is 7.70. The lowest BCUT2D eigenvalue weighted by atomic mass is 10.7. The maximum absolute atomic E-state index is 4.88. The third-order valence-electron chi connectivity index (χ3n) is 1.22. The Balaban J connectivity index is 3.63. The Hall–Kier alpha value is -1.28. The minimum Gasteiger partial charge on any atom is -0.362 e. The average molecular weight is 260 g/mol. The minimum atomic E-state index is 0.475. The van der Waals surface area contributed by atoms with E-state index in [0.717, 1.165) is 13.1 Å². The second kappa shape index (κ2) is 10.2. The van der Waals surface area contributed by atoms with Crippen LogP contribution in [0.25, 0.3) is 0 Å². The monoisotopic (exact) mass is 260 g/mol. The lowest BCUT2D eigenvalue weighted by Crippen LogP contribution is -2.32. The Morgan fingerprint density at radius 1 is 0.938 bits per heavy atom. The fourth-order valence-corrected chi connectivity index (χ4v) is 1.05. The lowest BCUT2D eigenvalue weighted by Gasteiger charge is -2.02. The van der Waals surface area contributed by atoms with Crippen molar-refractivity contribution in [3.8, 4) is 0 Å². The Morgan fingerprint density at radius 2 is 1.31 bits per heavy atom. The van der Waals surface area contributed by atoms with Crippen molar-refractivity contribution in [1.82, 2.24) is 21.5 Å². The van der Waals surface area contributed by atoms with E-state index in [1.807, 2.05) is 13.8 Å². The minimum absolute atomic E-state index is 0.475. The fraction of sp³-hybridized carbons (Fsp3) is 0.500. The van der Waals surface area contributed by atoms with Gasteiger partial charge in [0.25, 0.3) is 0 Å². The molecule has 0 rings (SSSR count). The molecule has 0 spiro atoms. The predicted octanol–water partition coefficient (Wildman–Crippen LogP) is -0.0740. The quantitative estimate of drug-likeness (QED) is 0.315. The van der Waals surface area contributed by atoms with Crippen molar-refractivity contribution >= 4 is 47.1 Å². The third kappa shape index (κ3) is 9.28. The maximum atomic E-state index is 4.88. The smallest absolute Gasteiger partial charge is 0.186 e. The van der Waals surface area contributed by atoms with Gasteiger partial charge in [0, 0.05) is 13.1 Å². The number of hydrogen-bond donors (Lipinski definition) is 4. The van der Waals surface area contributed by atoms with Crippen LogP contribution in [0.2, 0.25) is 0 Å². The van der Waals surface area contributed by atoms with Crippen molar-refractivity contribution in [1.29, 1.82) is 0 Å². The van der Waals surface area contributed by atoms with Crippen LogP contribution in [0.3, 0.4) is 0 Å². The van der Waals surface area contributed by atoms with E-state index >= 15 is 0 Å². The van der Waals surface area contributed by atoms with Crippen LogP contribution in [-0.4, -0.2) is 35.7 Å².